The summed E-state index contributed by atoms with van der Waals surface area (Å²) in [5.41, 5.74) is 2.08. The first-order valence-corrected chi connectivity index (χ1v) is 9.17. The van der Waals surface area contributed by atoms with E-state index in [1.54, 1.807) is 0 Å². The summed E-state index contributed by atoms with van der Waals surface area (Å²) >= 11 is 0. The maximum atomic E-state index is 9.65. The third-order valence-electron chi connectivity index (χ3n) is 4.91. The zero-order valence-corrected chi connectivity index (χ0v) is 15.1. The van der Waals surface area contributed by atoms with Gasteiger partial charge in [-0.25, -0.2) is 9.97 Å². The lowest BCUT2D eigenvalue weighted by Crippen LogP contribution is -2.47. The first kappa shape index (κ1) is 17.2. The molecular formula is C22H21N5. The van der Waals surface area contributed by atoms with Crippen LogP contribution in [0.4, 0.5) is 5.82 Å². The van der Waals surface area contributed by atoms with E-state index in [-0.39, 0.29) is 6.04 Å². The van der Waals surface area contributed by atoms with Crippen molar-refractivity contribution in [3.8, 4) is 17.5 Å². The van der Waals surface area contributed by atoms with Gasteiger partial charge in [-0.3, -0.25) is 4.90 Å². The van der Waals surface area contributed by atoms with Gasteiger partial charge in [-0.15, -0.1) is 0 Å². The van der Waals surface area contributed by atoms with E-state index in [0.29, 0.717) is 0 Å². The second-order valence-electron chi connectivity index (χ2n) is 6.57. The van der Waals surface area contributed by atoms with E-state index in [2.05, 4.69) is 20.9 Å². The van der Waals surface area contributed by atoms with Crippen molar-refractivity contribution < 1.29 is 0 Å². The second-order valence-corrected chi connectivity index (χ2v) is 6.57. The molecule has 4 rings (SSSR count). The highest BCUT2D eigenvalue weighted by atomic mass is 15.3. The molecule has 0 bridgehead atoms. The molecule has 27 heavy (non-hydrogen) atoms. The van der Waals surface area contributed by atoms with Crippen molar-refractivity contribution in [2.45, 2.75) is 6.04 Å². The van der Waals surface area contributed by atoms with Crippen LogP contribution in [0.3, 0.4) is 0 Å². The zero-order valence-electron chi connectivity index (χ0n) is 15.1. The number of aromatic nitrogens is 2. The normalized spacial score (nSPS) is 15.9. The molecule has 2 heterocycles. The Balaban J connectivity index is 1.46. The third kappa shape index (κ3) is 3.81. The molecule has 1 saturated heterocycles. The first-order valence-electron chi connectivity index (χ1n) is 9.17. The molecule has 1 atom stereocenters. The summed E-state index contributed by atoms with van der Waals surface area (Å²) < 4.78 is 0. The average molecular weight is 355 g/mol. The second kappa shape index (κ2) is 7.98. The van der Waals surface area contributed by atoms with Crippen LogP contribution >= 0.6 is 0 Å². The van der Waals surface area contributed by atoms with Crippen molar-refractivity contribution in [3.05, 3.63) is 78.5 Å². The lowest BCUT2D eigenvalue weighted by Gasteiger charge is -2.37. The number of benzene rings is 2. The van der Waals surface area contributed by atoms with Gasteiger partial charge in [-0.2, -0.15) is 5.26 Å². The fourth-order valence-corrected chi connectivity index (χ4v) is 3.46. The van der Waals surface area contributed by atoms with E-state index in [4.69, 9.17) is 4.98 Å². The molecule has 1 aliphatic heterocycles. The zero-order chi connectivity index (χ0) is 18.5. The maximum Gasteiger partial charge on any atom is 0.161 e. The lowest BCUT2D eigenvalue weighted by atomic mass is 10.1. The number of anilines is 1. The average Bonchev–Trinajstić information content (AvgIpc) is 2.76. The van der Waals surface area contributed by atoms with Crippen molar-refractivity contribution in [2.75, 3.05) is 31.1 Å². The van der Waals surface area contributed by atoms with Gasteiger partial charge in [0.05, 0.1) is 6.07 Å². The van der Waals surface area contributed by atoms with Crippen LogP contribution in [-0.2, 0) is 0 Å². The van der Waals surface area contributed by atoms with Gasteiger partial charge < -0.3 is 4.90 Å². The summed E-state index contributed by atoms with van der Waals surface area (Å²) in [6.45, 7) is 3.35. The van der Waals surface area contributed by atoms with Crippen LogP contribution in [0.2, 0.25) is 0 Å². The van der Waals surface area contributed by atoms with Gasteiger partial charge in [0.15, 0.2) is 5.82 Å². The van der Waals surface area contributed by atoms with Crippen LogP contribution in [0.25, 0.3) is 11.4 Å². The Morgan fingerprint density at radius 1 is 0.852 bits per heavy atom. The van der Waals surface area contributed by atoms with Gasteiger partial charge >= 0.3 is 0 Å². The van der Waals surface area contributed by atoms with Crippen molar-refractivity contribution in [1.82, 2.24) is 14.9 Å². The monoisotopic (exact) mass is 355 g/mol. The van der Waals surface area contributed by atoms with E-state index in [9.17, 15) is 5.26 Å². The van der Waals surface area contributed by atoms with Crippen LogP contribution in [0, 0.1) is 11.3 Å². The number of rotatable bonds is 4. The summed E-state index contributed by atoms with van der Waals surface area (Å²) in [6, 6.07) is 24.3. The first-order chi connectivity index (χ1) is 13.3. The smallest absolute Gasteiger partial charge is 0.161 e. The summed E-state index contributed by atoms with van der Waals surface area (Å²) in [5.74, 6) is 1.69. The molecule has 0 spiro atoms. The molecule has 0 amide bonds. The summed E-state index contributed by atoms with van der Waals surface area (Å²) in [6.07, 6.45) is 1.82. The Morgan fingerprint density at radius 3 is 2.19 bits per heavy atom. The summed E-state index contributed by atoms with van der Waals surface area (Å²) in [5, 5.41) is 9.65. The van der Waals surface area contributed by atoms with Crippen LogP contribution in [0.15, 0.2) is 72.9 Å². The summed E-state index contributed by atoms with van der Waals surface area (Å²) in [7, 11) is 0. The van der Waals surface area contributed by atoms with Gasteiger partial charge in [0.25, 0.3) is 0 Å². The Kier molecular flexibility index (Phi) is 5.08. The number of hydrogen-bond acceptors (Lipinski definition) is 5. The molecule has 0 N–H and O–H groups in total. The quantitative estimate of drug-likeness (QED) is 0.717. The highest BCUT2D eigenvalue weighted by Crippen LogP contribution is 2.24. The molecule has 1 aliphatic rings. The Morgan fingerprint density at radius 2 is 1.52 bits per heavy atom. The van der Waals surface area contributed by atoms with Crippen LogP contribution in [0.5, 0.6) is 0 Å². The molecule has 0 unspecified atom stereocenters. The van der Waals surface area contributed by atoms with E-state index < -0.39 is 0 Å². The lowest BCUT2D eigenvalue weighted by molar-refractivity contribution is 0.222. The van der Waals surface area contributed by atoms with Gasteiger partial charge in [-0.1, -0.05) is 60.7 Å². The Hall–Kier alpha value is -3.23. The van der Waals surface area contributed by atoms with Crippen molar-refractivity contribution in [3.63, 3.8) is 0 Å². The summed E-state index contributed by atoms with van der Waals surface area (Å²) in [4.78, 5) is 13.7. The van der Waals surface area contributed by atoms with Crippen molar-refractivity contribution in [2.24, 2.45) is 0 Å². The van der Waals surface area contributed by atoms with Gasteiger partial charge in [-0.05, 0) is 11.6 Å². The van der Waals surface area contributed by atoms with Crippen molar-refractivity contribution in [1.29, 1.82) is 5.26 Å². The van der Waals surface area contributed by atoms with Crippen LogP contribution in [-0.4, -0.2) is 41.0 Å². The predicted octanol–water partition coefficient (Wildman–Crippen LogP) is 3.53. The Labute approximate surface area is 159 Å². The minimum Gasteiger partial charge on any atom is -0.354 e. The van der Waals surface area contributed by atoms with Gasteiger partial charge in [0.2, 0.25) is 0 Å². The minimum atomic E-state index is -0.196. The highest BCUT2D eigenvalue weighted by molar-refractivity contribution is 5.57. The molecule has 2 aromatic carbocycles. The van der Waals surface area contributed by atoms with Crippen molar-refractivity contribution >= 4 is 5.82 Å². The highest BCUT2D eigenvalue weighted by Gasteiger charge is 2.25. The molecule has 5 nitrogen and oxygen atoms in total. The van der Waals surface area contributed by atoms with Gasteiger partial charge in [0.1, 0.15) is 11.9 Å². The number of piperazine rings is 1. The van der Waals surface area contributed by atoms with Crippen LogP contribution < -0.4 is 4.90 Å². The van der Waals surface area contributed by atoms with Gasteiger partial charge in [0, 0.05) is 37.9 Å². The SMILES string of the molecule is N#C[C@@H](c1ccccc1)N1CCN(c2ccnc(-c3ccccc3)n2)CC1. The predicted molar refractivity (Wildman–Crippen MR) is 106 cm³/mol. The number of nitriles is 1. The van der Waals surface area contributed by atoms with E-state index in [0.717, 1.165) is 48.9 Å². The van der Waals surface area contributed by atoms with E-state index in [1.165, 1.54) is 0 Å². The fraction of sp³-hybridized carbons (Fsp3) is 0.227. The molecule has 1 aromatic heterocycles. The third-order valence-corrected chi connectivity index (χ3v) is 4.91. The standard InChI is InChI=1S/C22H21N5/c23-17-20(18-7-3-1-4-8-18)26-13-15-27(16-14-26)21-11-12-24-22(25-21)19-9-5-2-6-10-19/h1-12,20H,13-16H2/t20-/m0/s1. The fourth-order valence-electron chi connectivity index (χ4n) is 3.46. The molecule has 1 fully saturated rings. The van der Waals surface area contributed by atoms with E-state index >= 15 is 0 Å². The maximum absolute atomic E-state index is 9.65. The number of nitrogens with zero attached hydrogens (tertiary/aromatic N) is 5. The molecule has 0 aliphatic carbocycles. The topological polar surface area (TPSA) is 56.1 Å². The largest absolute Gasteiger partial charge is 0.354 e. The minimum absolute atomic E-state index is 0.196. The van der Waals surface area contributed by atoms with E-state index in [1.807, 2.05) is 72.9 Å². The van der Waals surface area contributed by atoms with Crippen LogP contribution in [0.1, 0.15) is 11.6 Å². The molecular weight excluding hydrogens is 334 g/mol. The number of hydrogen-bond donors (Lipinski definition) is 0. The molecule has 0 saturated carbocycles. The Bertz CT molecular complexity index is 912. The molecule has 5 heteroatoms. The molecule has 134 valence electrons. The molecule has 0 radical (unpaired) electrons. The molecule has 3 aromatic rings.